The third-order valence-corrected chi connectivity index (χ3v) is 2.92. The lowest BCUT2D eigenvalue weighted by atomic mass is 10.3. The first-order valence-corrected chi connectivity index (χ1v) is 5.94. The number of aryl methyl sites for hydroxylation is 1. The third-order valence-electron chi connectivity index (χ3n) is 2.60. The summed E-state index contributed by atoms with van der Waals surface area (Å²) in [6.07, 6.45) is 1.84. The molecule has 0 saturated heterocycles. The number of amides is 1. The van der Waals surface area contributed by atoms with E-state index in [4.69, 9.17) is 11.6 Å². The molecule has 0 aliphatic carbocycles. The highest BCUT2D eigenvalue weighted by molar-refractivity contribution is 6.34. The van der Waals surface area contributed by atoms with Crippen molar-refractivity contribution in [1.82, 2.24) is 4.57 Å². The van der Waals surface area contributed by atoms with Crippen LogP contribution in [0, 0.1) is 0 Å². The van der Waals surface area contributed by atoms with Crippen molar-refractivity contribution in [2.45, 2.75) is 13.5 Å². The van der Waals surface area contributed by atoms with Gasteiger partial charge in [0.1, 0.15) is 11.4 Å². The van der Waals surface area contributed by atoms with E-state index in [2.05, 4.69) is 5.32 Å². The predicted molar refractivity (Wildman–Crippen MR) is 71.2 cm³/mol. The monoisotopic (exact) mass is 264 g/mol. The highest BCUT2D eigenvalue weighted by Gasteiger charge is 2.11. The van der Waals surface area contributed by atoms with Gasteiger partial charge in [0.25, 0.3) is 5.91 Å². The number of rotatable bonds is 3. The Kier molecular flexibility index (Phi) is 3.58. The summed E-state index contributed by atoms with van der Waals surface area (Å²) in [6, 6.07) is 7.98. The molecule has 0 radical (unpaired) electrons. The van der Waals surface area contributed by atoms with Crippen LogP contribution in [0.2, 0.25) is 5.02 Å². The normalized spacial score (nSPS) is 10.3. The summed E-state index contributed by atoms with van der Waals surface area (Å²) < 4.78 is 1.84. The van der Waals surface area contributed by atoms with Gasteiger partial charge in [0.05, 0.1) is 10.7 Å². The van der Waals surface area contributed by atoms with E-state index in [1.165, 1.54) is 12.1 Å². The number of aromatic hydroxyl groups is 1. The molecule has 2 N–H and O–H groups in total. The molecule has 0 unspecified atom stereocenters. The summed E-state index contributed by atoms with van der Waals surface area (Å²) in [5, 5.41) is 12.3. The molecule has 18 heavy (non-hydrogen) atoms. The van der Waals surface area contributed by atoms with Crippen molar-refractivity contribution in [2.24, 2.45) is 0 Å². The minimum absolute atomic E-state index is 0.0648. The lowest BCUT2D eigenvalue weighted by Gasteiger charge is -2.09. The molecule has 0 atom stereocenters. The molecule has 0 bridgehead atoms. The van der Waals surface area contributed by atoms with E-state index < -0.39 is 0 Å². The fourth-order valence-corrected chi connectivity index (χ4v) is 1.91. The van der Waals surface area contributed by atoms with Crippen LogP contribution in [0.1, 0.15) is 17.4 Å². The van der Waals surface area contributed by atoms with E-state index in [0.717, 1.165) is 6.54 Å². The van der Waals surface area contributed by atoms with Crippen molar-refractivity contribution < 1.29 is 9.90 Å². The SMILES string of the molecule is CCn1cccc1C(=O)Nc1ccc(O)cc1Cl. The lowest BCUT2D eigenvalue weighted by Crippen LogP contribution is -2.16. The van der Waals surface area contributed by atoms with Gasteiger partial charge in [0.2, 0.25) is 0 Å². The molecule has 0 aliphatic heterocycles. The van der Waals surface area contributed by atoms with Gasteiger partial charge in [-0.2, -0.15) is 0 Å². The highest BCUT2D eigenvalue weighted by atomic mass is 35.5. The fourth-order valence-electron chi connectivity index (χ4n) is 1.69. The van der Waals surface area contributed by atoms with E-state index in [-0.39, 0.29) is 11.7 Å². The first kappa shape index (κ1) is 12.5. The molecule has 1 aromatic heterocycles. The molecule has 2 aromatic rings. The second-order valence-electron chi connectivity index (χ2n) is 3.80. The standard InChI is InChI=1S/C13H13ClN2O2/c1-2-16-7-3-4-12(16)13(18)15-11-6-5-9(17)8-10(11)14/h3-8,17H,2H2,1H3,(H,15,18). The summed E-state index contributed by atoms with van der Waals surface area (Å²) in [4.78, 5) is 12.0. The maximum Gasteiger partial charge on any atom is 0.272 e. The van der Waals surface area contributed by atoms with Crippen LogP contribution in [0.4, 0.5) is 5.69 Å². The zero-order valence-electron chi connectivity index (χ0n) is 9.85. The molecule has 1 heterocycles. The molecule has 0 spiro atoms. The van der Waals surface area contributed by atoms with Gasteiger partial charge in [-0.25, -0.2) is 0 Å². The van der Waals surface area contributed by atoms with Crippen LogP contribution in [0.5, 0.6) is 5.75 Å². The lowest BCUT2D eigenvalue weighted by molar-refractivity contribution is 0.101. The molecular formula is C13H13ClN2O2. The maximum atomic E-state index is 12.0. The average molecular weight is 265 g/mol. The van der Waals surface area contributed by atoms with Gasteiger partial charge < -0.3 is 15.0 Å². The smallest absolute Gasteiger partial charge is 0.272 e. The summed E-state index contributed by atoms with van der Waals surface area (Å²) in [7, 11) is 0. The topological polar surface area (TPSA) is 54.3 Å². The Bertz CT molecular complexity index is 578. The van der Waals surface area contributed by atoms with Crippen molar-refractivity contribution in [3.05, 3.63) is 47.2 Å². The fraction of sp³-hybridized carbons (Fsp3) is 0.154. The minimum Gasteiger partial charge on any atom is -0.508 e. The summed E-state index contributed by atoms with van der Waals surface area (Å²) in [5.41, 5.74) is 1.05. The molecule has 94 valence electrons. The largest absolute Gasteiger partial charge is 0.508 e. The van der Waals surface area contributed by atoms with E-state index in [1.807, 2.05) is 23.8 Å². The van der Waals surface area contributed by atoms with Gasteiger partial charge in [-0.05, 0) is 31.2 Å². The number of phenolic OH excluding ortho intramolecular Hbond substituents is 1. The molecule has 0 aliphatic rings. The molecule has 2 rings (SSSR count). The molecule has 5 heteroatoms. The number of nitrogens with zero attached hydrogens (tertiary/aromatic N) is 1. The second kappa shape index (κ2) is 5.14. The van der Waals surface area contributed by atoms with Gasteiger partial charge in [0, 0.05) is 18.8 Å². The molecule has 0 fully saturated rings. The Morgan fingerprint density at radius 2 is 2.22 bits per heavy atom. The van der Waals surface area contributed by atoms with Gasteiger partial charge in [0.15, 0.2) is 0 Å². The first-order valence-electron chi connectivity index (χ1n) is 5.57. The van der Waals surface area contributed by atoms with Crippen LogP contribution in [0.25, 0.3) is 0 Å². The van der Waals surface area contributed by atoms with Crippen molar-refractivity contribution >= 4 is 23.2 Å². The minimum atomic E-state index is -0.227. The number of nitrogens with one attached hydrogen (secondary N) is 1. The Hall–Kier alpha value is -1.94. The number of phenols is 1. The number of halogens is 1. The average Bonchev–Trinajstić information content (AvgIpc) is 2.81. The molecule has 4 nitrogen and oxygen atoms in total. The maximum absolute atomic E-state index is 12.0. The van der Waals surface area contributed by atoms with Crippen molar-refractivity contribution in [2.75, 3.05) is 5.32 Å². The Balaban J connectivity index is 2.21. The molecule has 1 amide bonds. The zero-order valence-corrected chi connectivity index (χ0v) is 10.6. The van der Waals surface area contributed by atoms with Crippen molar-refractivity contribution in [1.29, 1.82) is 0 Å². The van der Waals surface area contributed by atoms with Gasteiger partial charge in [-0.1, -0.05) is 11.6 Å². The number of hydrogen-bond acceptors (Lipinski definition) is 2. The van der Waals surface area contributed by atoms with Crippen LogP contribution in [0.15, 0.2) is 36.5 Å². The number of carbonyl (C=O) groups excluding carboxylic acids is 1. The first-order chi connectivity index (χ1) is 8.61. The Morgan fingerprint density at radius 3 is 2.89 bits per heavy atom. The van der Waals surface area contributed by atoms with Crippen LogP contribution in [-0.4, -0.2) is 15.6 Å². The van der Waals surface area contributed by atoms with E-state index in [0.29, 0.717) is 16.4 Å². The number of aromatic nitrogens is 1. The number of anilines is 1. The van der Waals surface area contributed by atoms with Crippen LogP contribution in [0.3, 0.4) is 0 Å². The number of hydrogen-bond donors (Lipinski definition) is 2. The molecule has 0 saturated carbocycles. The zero-order chi connectivity index (χ0) is 13.1. The van der Waals surface area contributed by atoms with E-state index in [1.54, 1.807) is 12.1 Å². The summed E-state index contributed by atoms with van der Waals surface area (Å²) in [5.74, 6) is -0.163. The van der Waals surface area contributed by atoms with Crippen LogP contribution in [-0.2, 0) is 6.54 Å². The van der Waals surface area contributed by atoms with Gasteiger partial charge in [-0.3, -0.25) is 4.79 Å². The Labute approximate surface area is 110 Å². The second-order valence-corrected chi connectivity index (χ2v) is 4.20. The summed E-state index contributed by atoms with van der Waals surface area (Å²) >= 11 is 5.93. The van der Waals surface area contributed by atoms with Crippen molar-refractivity contribution in [3.8, 4) is 5.75 Å². The van der Waals surface area contributed by atoms with E-state index in [9.17, 15) is 9.90 Å². The van der Waals surface area contributed by atoms with Gasteiger partial charge in [-0.15, -0.1) is 0 Å². The number of carbonyl (C=O) groups is 1. The highest BCUT2D eigenvalue weighted by Crippen LogP contribution is 2.26. The van der Waals surface area contributed by atoms with Crippen LogP contribution >= 0.6 is 11.6 Å². The quantitative estimate of drug-likeness (QED) is 0.837. The van der Waals surface area contributed by atoms with Crippen molar-refractivity contribution in [3.63, 3.8) is 0 Å². The predicted octanol–water partition coefficient (Wildman–Crippen LogP) is 3.12. The molecular weight excluding hydrogens is 252 g/mol. The molecule has 1 aromatic carbocycles. The van der Waals surface area contributed by atoms with E-state index >= 15 is 0 Å². The van der Waals surface area contributed by atoms with Gasteiger partial charge >= 0.3 is 0 Å². The third kappa shape index (κ3) is 2.49. The number of benzene rings is 1. The Morgan fingerprint density at radius 1 is 1.44 bits per heavy atom. The summed E-state index contributed by atoms with van der Waals surface area (Å²) in [6.45, 7) is 2.68. The van der Waals surface area contributed by atoms with Crippen LogP contribution < -0.4 is 5.32 Å².